The van der Waals surface area contributed by atoms with Gasteiger partial charge in [-0.3, -0.25) is 0 Å². The van der Waals surface area contributed by atoms with Crippen LogP contribution in [0, 0.1) is 6.92 Å². The first-order chi connectivity index (χ1) is 6.79. The molecule has 74 valence electrons. The molecule has 0 saturated heterocycles. The Labute approximate surface area is 88.8 Å². The molecule has 1 heterocycles. The minimum absolute atomic E-state index is 1.15. The maximum atomic E-state index is 4.45. The van der Waals surface area contributed by atoms with Gasteiger partial charge in [0.15, 0.2) is 0 Å². The summed E-state index contributed by atoms with van der Waals surface area (Å²) in [4.78, 5) is 4.45. The Morgan fingerprint density at radius 2 is 2.21 bits per heavy atom. The molecule has 2 aromatic rings. The Morgan fingerprint density at radius 1 is 1.36 bits per heavy atom. The van der Waals surface area contributed by atoms with E-state index in [1.807, 2.05) is 0 Å². The first kappa shape index (κ1) is 9.66. The fraction of sp³-hybridized carbons (Fsp3) is 0.417. The fourth-order valence-corrected chi connectivity index (χ4v) is 2.51. The molecule has 0 atom stereocenters. The maximum Gasteiger partial charge on any atom is 0.0907 e. The number of rotatable bonds is 3. The molecule has 0 amide bonds. The van der Waals surface area contributed by atoms with Crippen LogP contribution in [0.3, 0.4) is 0 Å². The summed E-state index contributed by atoms with van der Waals surface area (Å²) in [5.41, 5.74) is 2.59. The van der Waals surface area contributed by atoms with Crippen LogP contribution in [-0.4, -0.2) is 4.98 Å². The molecule has 0 aliphatic carbocycles. The molecule has 2 rings (SSSR count). The summed E-state index contributed by atoms with van der Waals surface area (Å²) in [7, 11) is 0. The van der Waals surface area contributed by atoms with Gasteiger partial charge in [-0.2, -0.15) is 0 Å². The van der Waals surface area contributed by atoms with Gasteiger partial charge in [-0.25, -0.2) is 4.98 Å². The van der Waals surface area contributed by atoms with E-state index in [4.69, 9.17) is 0 Å². The molecule has 0 aliphatic rings. The van der Waals surface area contributed by atoms with Crippen LogP contribution in [0.4, 0.5) is 0 Å². The van der Waals surface area contributed by atoms with Gasteiger partial charge < -0.3 is 0 Å². The highest BCUT2D eigenvalue weighted by Gasteiger charge is 2.00. The normalized spacial score (nSPS) is 11.0. The summed E-state index contributed by atoms with van der Waals surface area (Å²) in [6, 6.07) is 6.64. The van der Waals surface area contributed by atoms with E-state index in [2.05, 4.69) is 37.0 Å². The molecule has 2 heteroatoms. The third-order valence-corrected chi connectivity index (χ3v) is 3.31. The minimum Gasteiger partial charge on any atom is -0.242 e. The average Bonchev–Trinajstić information content (AvgIpc) is 2.54. The minimum atomic E-state index is 1.15. The van der Waals surface area contributed by atoms with Crippen LogP contribution in [-0.2, 0) is 6.42 Å². The van der Waals surface area contributed by atoms with E-state index in [0.717, 1.165) is 10.5 Å². The number of aromatic nitrogens is 1. The van der Waals surface area contributed by atoms with Crippen molar-refractivity contribution in [2.75, 3.05) is 0 Å². The van der Waals surface area contributed by atoms with E-state index < -0.39 is 0 Å². The van der Waals surface area contributed by atoms with Crippen LogP contribution in [0.15, 0.2) is 18.2 Å². The van der Waals surface area contributed by atoms with Crippen LogP contribution < -0.4 is 0 Å². The number of unbranched alkanes of at least 4 members (excludes halogenated alkanes) is 1. The Morgan fingerprint density at radius 3 is 3.00 bits per heavy atom. The molecule has 1 nitrogen and oxygen atoms in total. The van der Waals surface area contributed by atoms with Crippen molar-refractivity contribution in [1.82, 2.24) is 4.98 Å². The van der Waals surface area contributed by atoms with Gasteiger partial charge in [0.05, 0.1) is 15.2 Å². The van der Waals surface area contributed by atoms with Gasteiger partial charge in [-0.05, 0) is 37.5 Å². The van der Waals surface area contributed by atoms with Crippen LogP contribution in [0.1, 0.15) is 30.3 Å². The smallest absolute Gasteiger partial charge is 0.0907 e. The highest BCUT2D eigenvalue weighted by molar-refractivity contribution is 7.18. The van der Waals surface area contributed by atoms with E-state index in [1.54, 1.807) is 11.3 Å². The second-order valence-corrected chi connectivity index (χ2v) is 4.87. The zero-order valence-electron chi connectivity index (χ0n) is 8.71. The first-order valence-electron chi connectivity index (χ1n) is 5.15. The zero-order valence-corrected chi connectivity index (χ0v) is 9.53. The first-order valence-corrected chi connectivity index (χ1v) is 5.97. The molecule has 1 aromatic heterocycles. The number of fused-ring (bicyclic) bond motifs is 1. The number of benzene rings is 1. The van der Waals surface area contributed by atoms with Crippen molar-refractivity contribution in [3.05, 3.63) is 28.8 Å². The Bertz CT molecular complexity index is 431. The van der Waals surface area contributed by atoms with Gasteiger partial charge in [0.25, 0.3) is 0 Å². The molecule has 0 fully saturated rings. The van der Waals surface area contributed by atoms with Gasteiger partial charge in [-0.1, -0.05) is 19.4 Å². The number of nitrogens with zero attached hydrogens (tertiary/aromatic N) is 1. The Balaban J connectivity index is 2.31. The van der Waals surface area contributed by atoms with Gasteiger partial charge in [0, 0.05) is 0 Å². The molecular weight excluding hydrogens is 190 g/mol. The molecule has 0 N–H and O–H groups in total. The zero-order chi connectivity index (χ0) is 9.97. The van der Waals surface area contributed by atoms with E-state index >= 15 is 0 Å². The molecule has 0 aliphatic heterocycles. The van der Waals surface area contributed by atoms with Crippen molar-refractivity contribution >= 4 is 21.6 Å². The summed E-state index contributed by atoms with van der Waals surface area (Å²) in [6.07, 6.45) is 3.74. The summed E-state index contributed by atoms with van der Waals surface area (Å²) < 4.78 is 1.33. The van der Waals surface area contributed by atoms with Gasteiger partial charge in [0.2, 0.25) is 0 Å². The predicted octanol–water partition coefficient (Wildman–Crippen LogP) is 3.95. The van der Waals surface area contributed by atoms with E-state index in [9.17, 15) is 0 Å². The van der Waals surface area contributed by atoms with Crippen molar-refractivity contribution in [3.8, 4) is 0 Å². The van der Waals surface area contributed by atoms with Crippen molar-refractivity contribution < 1.29 is 0 Å². The highest BCUT2D eigenvalue weighted by Crippen LogP contribution is 2.23. The van der Waals surface area contributed by atoms with Crippen LogP contribution in [0.25, 0.3) is 10.2 Å². The van der Waals surface area contributed by atoms with Crippen molar-refractivity contribution in [3.63, 3.8) is 0 Å². The third-order valence-electron chi connectivity index (χ3n) is 2.38. The summed E-state index contributed by atoms with van der Waals surface area (Å²) >= 11 is 1.79. The van der Waals surface area contributed by atoms with Crippen molar-refractivity contribution in [2.45, 2.75) is 33.1 Å². The van der Waals surface area contributed by atoms with E-state index in [1.165, 1.54) is 29.5 Å². The molecule has 0 saturated carbocycles. The lowest BCUT2D eigenvalue weighted by Gasteiger charge is -1.98. The fourth-order valence-electron chi connectivity index (χ4n) is 1.62. The second kappa shape index (κ2) is 4.09. The predicted molar refractivity (Wildman–Crippen MR) is 63.0 cm³/mol. The Kier molecular flexibility index (Phi) is 2.82. The molecule has 14 heavy (non-hydrogen) atoms. The van der Waals surface area contributed by atoms with Crippen molar-refractivity contribution in [1.29, 1.82) is 0 Å². The lowest BCUT2D eigenvalue weighted by Crippen LogP contribution is -1.83. The quantitative estimate of drug-likeness (QED) is 0.739. The number of thiazole rings is 1. The number of aryl methyl sites for hydroxylation is 2. The Hall–Kier alpha value is -0.890. The van der Waals surface area contributed by atoms with E-state index in [0.29, 0.717) is 0 Å². The monoisotopic (exact) mass is 205 g/mol. The third kappa shape index (κ3) is 1.95. The second-order valence-electron chi connectivity index (χ2n) is 3.64. The summed E-state index contributed by atoms with van der Waals surface area (Å²) in [5.74, 6) is 0. The molecule has 0 unspecified atom stereocenters. The summed E-state index contributed by atoms with van der Waals surface area (Å²) in [5, 5.41) is 1.16. The SMILES string of the molecule is CCCCc1ccc2nc(C)sc2c1. The maximum absolute atomic E-state index is 4.45. The van der Waals surface area contributed by atoms with Crippen LogP contribution >= 0.6 is 11.3 Å². The molecule has 0 bridgehead atoms. The van der Waals surface area contributed by atoms with Gasteiger partial charge in [0.1, 0.15) is 0 Å². The average molecular weight is 205 g/mol. The molecular formula is C12H15NS. The lowest BCUT2D eigenvalue weighted by molar-refractivity contribution is 0.796. The van der Waals surface area contributed by atoms with Crippen molar-refractivity contribution in [2.24, 2.45) is 0 Å². The lowest BCUT2D eigenvalue weighted by atomic mass is 10.1. The standard InChI is InChI=1S/C12H15NS/c1-3-4-5-10-6-7-11-12(8-10)14-9(2)13-11/h6-8H,3-5H2,1-2H3. The van der Waals surface area contributed by atoms with Crippen LogP contribution in [0.2, 0.25) is 0 Å². The number of hydrogen-bond acceptors (Lipinski definition) is 2. The summed E-state index contributed by atoms with van der Waals surface area (Å²) in [6.45, 7) is 4.30. The topological polar surface area (TPSA) is 12.9 Å². The van der Waals surface area contributed by atoms with E-state index in [-0.39, 0.29) is 0 Å². The molecule has 0 spiro atoms. The number of hydrogen-bond donors (Lipinski definition) is 0. The van der Waals surface area contributed by atoms with Gasteiger partial charge in [-0.15, -0.1) is 11.3 Å². The van der Waals surface area contributed by atoms with Gasteiger partial charge >= 0.3 is 0 Å². The molecule has 1 aromatic carbocycles. The largest absolute Gasteiger partial charge is 0.242 e. The highest BCUT2D eigenvalue weighted by atomic mass is 32.1. The molecule has 0 radical (unpaired) electrons. The van der Waals surface area contributed by atoms with Crippen LogP contribution in [0.5, 0.6) is 0 Å².